The van der Waals surface area contributed by atoms with Gasteiger partial charge in [-0.1, -0.05) is 163 Å². The van der Waals surface area contributed by atoms with E-state index in [2.05, 4.69) is 0 Å². The molecule has 2 heterocycles. The molecular weight excluding hydrogens is 695 g/mol. The van der Waals surface area contributed by atoms with Crippen LogP contribution >= 0.6 is 0 Å². The molecule has 0 fully saturated rings. The van der Waals surface area contributed by atoms with E-state index in [4.69, 9.17) is 34.9 Å². The van der Waals surface area contributed by atoms with Crippen molar-refractivity contribution in [1.29, 1.82) is 0 Å². The maximum atomic E-state index is 10.0. The first-order valence-corrected chi connectivity index (χ1v) is 16.5. The van der Waals surface area contributed by atoms with E-state index in [1.165, 1.54) is 0 Å². The van der Waals surface area contributed by atoms with E-state index in [1.54, 1.807) is 0 Å². The van der Waals surface area contributed by atoms with Crippen LogP contribution < -0.4 is 4.90 Å². The quantitative estimate of drug-likeness (QED) is 0.162. The molecule has 0 radical (unpaired) electrons. The Morgan fingerprint density at radius 1 is 0.333 bits per heavy atom. The van der Waals surface area contributed by atoms with Gasteiger partial charge in [0.2, 0.25) is 0 Å². The van der Waals surface area contributed by atoms with Gasteiger partial charge < -0.3 is 13.7 Å². The smallest absolute Gasteiger partial charge is 0.144 e. The molecule has 268 valence electrons. The van der Waals surface area contributed by atoms with Crippen LogP contribution in [0.5, 0.6) is 0 Å². The summed E-state index contributed by atoms with van der Waals surface area (Å²) in [4.78, 5) is 0.338. The fourth-order valence-corrected chi connectivity index (χ4v) is 6.14. The molecule has 2 aromatic heterocycles. The van der Waals surface area contributed by atoms with E-state index in [0.717, 1.165) is 0 Å². The molecule has 3 nitrogen and oxygen atoms in total. The number of hydrogen-bond acceptors (Lipinski definition) is 3. The summed E-state index contributed by atoms with van der Waals surface area (Å²) < 4.78 is 328. The summed E-state index contributed by atoms with van der Waals surface area (Å²) in [7, 11) is 0. The van der Waals surface area contributed by atoms with Gasteiger partial charge in [-0.15, -0.1) is 0 Å². The highest BCUT2D eigenvalue weighted by molar-refractivity contribution is 6.25. The summed E-state index contributed by atoms with van der Waals surface area (Å²) in [5, 5.41) is -2.96. The molecule has 3 heteroatoms. The molecule has 0 atom stereocenters. The van der Waals surface area contributed by atoms with Gasteiger partial charge in [-0.05, 0) is 87.3 Å². The minimum absolute atomic E-state index is 0.338. The van der Waals surface area contributed by atoms with E-state index in [0.29, 0.717) is 4.90 Å². The van der Waals surface area contributed by atoms with Crippen LogP contribution in [0.4, 0.5) is 17.1 Å². The van der Waals surface area contributed by atoms with E-state index in [1.807, 2.05) is 0 Å². The van der Waals surface area contributed by atoms with Gasteiger partial charge in [0.05, 0.1) is 59.1 Å². The normalized spacial score (nSPS) is 20.1. The number of para-hydroxylation sites is 1. The van der Waals surface area contributed by atoms with Gasteiger partial charge >= 0.3 is 0 Å². The highest BCUT2D eigenvalue weighted by atomic mass is 16.3. The summed E-state index contributed by atoms with van der Waals surface area (Å²) in [5.74, 6) is 0. The lowest BCUT2D eigenvalue weighted by Crippen LogP contribution is -2.10. The Morgan fingerprint density at radius 2 is 0.789 bits per heavy atom. The molecular formula is C54H35NO2. The molecule has 11 aromatic rings. The average Bonchev–Trinajstić information content (AvgIpc) is 1.48. The minimum atomic E-state index is -1.33. The Balaban J connectivity index is 1.40. The molecule has 0 aliphatic rings. The van der Waals surface area contributed by atoms with Crippen molar-refractivity contribution < 1.29 is 56.8 Å². The number of rotatable bonds is 7. The number of anilines is 3. The van der Waals surface area contributed by atoms with Crippen LogP contribution in [0, 0.1) is 0 Å². The molecule has 57 heavy (non-hydrogen) atoms. The standard InChI is InChI=1S/C54H35NO2/c1-4-13-36(14-5-1)39-23-25-42(26-24-39)51-53-45-19-10-11-21-48(45)56-50(53)35-46-52-47(20-12-22-49(52)57-54(46)51)55(43-31-27-40(28-32-43)37-15-6-2-7-16-37)44-33-29-41(30-34-44)38-17-8-3-9-18-38/h1-35H/i1D,2D,3D,4D,5D,6D,7D,8D,9D,10D,11D,12D,13D,14D,15D,16D,17D,18D,19D,20D,21D,22D,23D,24D,25D,26D,27D,28D,29D,30D,31D,32D,33D,34D,35D. The topological polar surface area (TPSA) is 29.5 Å². The van der Waals surface area contributed by atoms with Gasteiger partial charge in [-0.25, -0.2) is 0 Å². The Bertz CT molecular complexity index is 4990. The van der Waals surface area contributed by atoms with Gasteiger partial charge in [-0.3, -0.25) is 0 Å². The van der Waals surface area contributed by atoms with E-state index in [9.17, 15) is 21.9 Å². The first-order chi connectivity index (χ1) is 42.8. The summed E-state index contributed by atoms with van der Waals surface area (Å²) in [6, 6.07) is -37.6. The number of hydrogen-bond donors (Lipinski definition) is 0. The van der Waals surface area contributed by atoms with Crippen molar-refractivity contribution in [1.82, 2.24) is 0 Å². The SMILES string of the molecule is [2H]c1c([2H])c([2H])c(-c2c([2H])c([2H])c(-c3c4oc5c([2H])c([2H])c([2H])c(N(c6c([2H])c([2H])c(-c7c([2H])c([2H])c([2H])c([2H])c7[2H])c([2H])c6[2H])c6c([2H])c([2H])c(-c7c([2H])c([2H])c([2H])c([2H])c7[2H])c([2H])c6[2H])c5c4c([2H])c4oc5c([2H])c([2H])c([2H])c([2H])c5c34)c([2H])c2[2H])c([2H])c1[2H]. The highest BCUT2D eigenvalue weighted by Crippen LogP contribution is 2.49. The summed E-state index contributed by atoms with van der Waals surface area (Å²) >= 11 is 0. The largest absolute Gasteiger partial charge is 0.456 e. The molecule has 0 saturated heterocycles. The monoisotopic (exact) mass is 764 g/mol. The highest BCUT2D eigenvalue weighted by Gasteiger charge is 2.25. The molecule has 0 unspecified atom stereocenters. The lowest BCUT2D eigenvalue weighted by Gasteiger charge is -2.26. The van der Waals surface area contributed by atoms with Crippen molar-refractivity contribution in [2.45, 2.75) is 0 Å². The third-order valence-corrected chi connectivity index (χ3v) is 8.57. The van der Waals surface area contributed by atoms with Gasteiger partial charge in [0.15, 0.2) is 0 Å². The lowest BCUT2D eigenvalue weighted by molar-refractivity contribution is 0.664. The lowest BCUT2D eigenvalue weighted by atomic mass is 9.94. The van der Waals surface area contributed by atoms with Gasteiger partial charge in [-0.2, -0.15) is 0 Å². The predicted octanol–water partition coefficient (Wildman–Crippen LogP) is 15.6. The van der Waals surface area contributed by atoms with E-state index >= 15 is 0 Å². The Morgan fingerprint density at radius 3 is 1.35 bits per heavy atom. The second-order valence-electron chi connectivity index (χ2n) is 11.8. The number of benzene rings is 9. The molecule has 0 saturated carbocycles. The van der Waals surface area contributed by atoms with Crippen LogP contribution in [0.3, 0.4) is 0 Å². The van der Waals surface area contributed by atoms with Crippen molar-refractivity contribution in [3.63, 3.8) is 0 Å². The van der Waals surface area contributed by atoms with Gasteiger partial charge in [0.25, 0.3) is 0 Å². The van der Waals surface area contributed by atoms with Crippen molar-refractivity contribution >= 4 is 60.9 Å². The fourth-order valence-electron chi connectivity index (χ4n) is 6.14. The molecule has 0 spiro atoms. The van der Waals surface area contributed by atoms with Crippen molar-refractivity contribution in [2.24, 2.45) is 0 Å². The predicted molar refractivity (Wildman–Crippen MR) is 237 cm³/mol. The molecule has 0 aliphatic carbocycles. The molecule has 0 N–H and O–H groups in total. The number of fused-ring (bicyclic) bond motifs is 6. The molecule has 0 amide bonds. The van der Waals surface area contributed by atoms with Crippen LogP contribution in [-0.4, -0.2) is 0 Å². The second kappa shape index (κ2) is 13.6. The van der Waals surface area contributed by atoms with Gasteiger partial charge in [0, 0.05) is 33.1 Å². The van der Waals surface area contributed by atoms with Crippen LogP contribution in [-0.2, 0) is 0 Å². The first kappa shape index (κ1) is 13.0. The number of furan rings is 2. The second-order valence-corrected chi connectivity index (χ2v) is 11.8. The zero-order chi connectivity index (χ0) is 68.2. The Hall–Kier alpha value is -7.62. The fraction of sp³-hybridized carbons (Fsp3) is 0. The first-order valence-electron chi connectivity index (χ1n) is 34.0. The summed E-state index contributed by atoms with van der Waals surface area (Å²) in [6.45, 7) is 0. The third-order valence-electron chi connectivity index (χ3n) is 8.57. The zero-order valence-corrected chi connectivity index (χ0v) is 28.3. The average molecular weight is 765 g/mol. The Labute approximate surface area is 379 Å². The molecule has 0 aliphatic heterocycles. The van der Waals surface area contributed by atoms with Crippen LogP contribution in [0.2, 0.25) is 0 Å². The van der Waals surface area contributed by atoms with Gasteiger partial charge in [0.1, 0.15) is 22.3 Å². The van der Waals surface area contributed by atoms with E-state index in [-0.39, 0.29) is 0 Å². The summed E-state index contributed by atoms with van der Waals surface area (Å²) in [5.41, 5.74) is -14.0. The van der Waals surface area contributed by atoms with Crippen LogP contribution in [0.15, 0.2) is 220 Å². The minimum Gasteiger partial charge on any atom is -0.456 e. The Kier molecular flexibility index (Phi) is 3.09. The summed E-state index contributed by atoms with van der Waals surface area (Å²) in [6.07, 6.45) is 0. The van der Waals surface area contributed by atoms with Crippen LogP contribution in [0.1, 0.15) is 48.0 Å². The van der Waals surface area contributed by atoms with Crippen molar-refractivity contribution in [2.75, 3.05) is 4.90 Å². The maximum Gasteiger partial charge on any atom is 0.144 e. The third kappa shape index (κ3) is 5.68. The molecule has 0 bridgehead atoms. The van der Waals surface area contributed by atoms with Crippen LogP contribution in [0.25, 0.3) is 88.4 Å². The van der Waals surface area contributed by atoms with E-state index < -0.39 is 317 Å². The molecule has 9 aromatic carbocycles. The maximum absolute atomic E-state index is 10.0. The molecule has 11 rings (SSSR count). The zero-order valence-electron chi connectivity index (χ0n) is 63.3. The van der Waals surface area contributed by atoms with Crippen molar-refractivity contribution in [3.05, 3.63) is 211 Å². The van der Waals surface area contributed by atoms with Crippen molar-refractivity contribution in [3.8, 4) is 44.5 Å². The number of nitrogens with zero attached hydrogens (tertiary/aromatic N) is 1.